The van der Waals surface area contributed by atoms with Crippen LogP contribution in [0.25, 0.3) is 17.2 Å². The molecule has 0 bridgehead atoms. The van der Waals surface area contributed by atoms with Crippen molar-refractivity contribution in [2.45, 2.75) is 11.8 Å². The minimum Gasteiger partial charge on any atom is -0.478 e. The van der Waals surface area contributed by atoms with Crippen molar-refractivity contribution < 1.29 is 18.5 Å². The van der Waals surface area contributed by atoms with Crippen molar-refractivity contribution in [2.75, 3.05) is 6.26 Å². The number of benzene rings is 2. The lowest BCUT2D eigenvalue weighted by molar-refractivity contribution is -0.130. The Morgan fingerprint density at radius 1 is 1.12 bits per heavy atom. The van der Waals surface area contributed by atoms with Gasteiger partial charge in [0.05, 0.1) is 5.57 Å². The van der Waals surface area contributed by atoms with Crippen molar-refractivity contribution >= 4 is 34.0 Å². The molecule has 0 spiro atoms. The van der Waals surface area contributed by atoms with Gasteiger partial charge in [-0.2, -0.15) is 0 Å². The second-order valence-corrected chi connectivity index (χ2v) is 6.96. The highest BCUT2D eigenvalue weighted by molar-refractivity contribution is 7.84. The highest BCUT2D eigenvalue weighted by atomic mass is 32.2. The molecule has 122 valence electrons. The molecule has 2 aromatic rings. The van der Waals surface area contributed by atoms with Crippen LogP contribution in [0.4, 0.5) is 4.39 Å². The number of carboxylic acids is 1. The first-order valence-corrected chi connectivity index (χ1v) is 8.84. The highest BCUT2D eigenvalue weighted by Gasteiger charge is 2.28. The van der Waals surface area contributed by atoms with Crippen LogP contribution in [0.1, 0.15) is 23.6 Å². The largest absolute Gasteiger partial charge is 0.478 e. The third-order valence-electron chi connectivity index (χ3n) is 4.06. The summed E-state index contributed by atoms with van der Waals surface area (Å²) in [4.78, 5) is 12.3. The summed E-state index contributed by atoms with van der Waals surface area (Å²) in [7, 11) is -1.05. The molecule has 5 heteroatoms. The molecule has 0 aliphatic heterocycles. The van der Waals surface area contributed by atoms with E-state index in [0.717, 1.165) is 16.0 Å². The van der Waals surface area contributed by atoms with E-state index >= 15 is 0 Å². The molecule has 3 rings (SSSR count). The summed E-state index contributed by atoms with van der Waals surface area (Å²) in [5, 5.41) is 9.46. The molecule has 1 atom stereocenters. The quantitative estimate of drug-likeness (QED) is 0.918. The van der Waals surface area contributed by atoms with E-state index in [1.807, 2.05) is 18.2 Å². The average Bonchev–Trinajstić information content (AvgIpc) is 2.79. The van der Waals surface area contributed by atoms with Gasteiger partial charge in [0.2, 0.25) is 0 Å². The lowest BCUT2D eigenvalue weighted by atomic mass is 10.0. The van der Waals surface area contributed by atoms with E-state index in [1.165, 1.54) is 12.1 Å². The average molecular weight is 342 g/mol. The summed E-state index contributed by atoms with van der Waals surface area (Å²) >= 11 is 0. The molecule has 24 heavy (non-hydrogen) atoms. The summed E-state index contributed by atoms with van der Waals surface area (Å²) in [5.74, 6) is -1.53. The van der Waals surface area contributed by atoms with E-state index in [1.54, 1.807) is 31.4 Å². The molecule has 3 nitrogen and oxygen atoms in total. The Morgan fingerprint density at radius 2 is 1.79 bits per heavy atom. The zero-order chi connectivity index (χ0) is 17.4. The highest BCUT2D eigenvalue weighted by Crippen LogP contribution is 2.42. The lowest BCUT2D eigenvalue weighted by Crippen LogP contribution is -1.99. The van der Waals surface area contributed by atoms with Crippen LogP contribution in [0.3, 0.4) is 0 Å². The molecule has 2 aromatic carbocycles. The maximum absolute atomic E-state index is 13.5. The Hall–Kier alpha value is -2.53. The van der Waals surface area contributed by atoms with Crippen LogP contribution in [0.5, 0.6) is 0 Å². The smallest absolute Gasteiger partial charge is 0.336 e. The number of carbonyl (C=O) groups is 1. The van der Waals surface area contributed by atoms with E-state index in [0.29, 0.717) is 16.7 Å². The molecule has 0 fully saturated rings. The number of aliphatic carboxylic acids is 1. The van der Waals surface area contributed by atoms with Gasteiger partial charge in [0.25, 0.3) is 0 Å². The van der Waals surface area contributed by atoms with Crippen LogP contribution in [-0.2, 0) is 15.6 Å². The molecular weight excluding hydrogens is 327 g/mol. The van der Waals surface area contributed by atoms with Gasteiger partial charge in [-0.25, -0.2) is 9.18 Å². The molecule has 0 heterocycles. The van der Waals surface area contributed by atoms with Crippen molar-refractivity contribution in [2.24, 2.45) is 0 Å². The third kappa shape index (κ3) is 2.83. The molecule has 0 saturated heterocycles. The Bertz CT molecular complexity index is 924. The number of rotatable bonds is 3. The number of hydrogen-bond donors (Lipinski definition) is 1. The fourth-order valence-electron chi connectivity index (χ4n) is 2.88. The zero-order valence-corrected chi connectivity index (χ0v) is 14.0. The molecule has 0 aromatic heterocycles. The van der Waals surface area contributed by atoms with Gasteiger partial charge in [-0.15, -0.1) is 0 Å². The monoisotopic (exact) mass is 342 g/mol. The van der Waals surface area contributed by atoms with Crippen molar-refractivity contribution in [3.8, 4) is 0 Å². The van der Waals surface area contributed by atoms with E-state index in [9.17, 15) is 18.5 Å². The van der Waals surface area contributed by atoms with Gasteiger partial charge in [0, 0.05) is 22.0 Å². The van der Waals surface area contributed by atoms with E-state index in [-0.39, 0.29) is 5.57 Å². The van der Waals surface area contributed by atoms with Crippen LogP contribution >= 0.6 is 0 Å². The van der Waals surface area contributed by atoms with Crippen molar-refractivity contribution in [1.29, 1.82) is 0 Å². The number of fused-ring (bicyclic) bond motifs is 1. The van der Waals surface area contributed by atoms with Crippen LogP contribution in [0, 0.1) is 5.82 Å². The maximum Gasteiger partial charge on any atom is 0.336 e. The second kappa shape index (κ2) is 6.17. The first-order valence-electron chi connectivity index (χ1n) is 7.28. The molecule has 1 unspecified atom stereocenters. The Balaban J connectivity index is 2.14. The fourth-order valence-corrected chi connectivity index (χ4v) is 3.40. The van der Waals surface area contributed by atoms with Gasteiger partial charge in [-0.1, -0.05) is 18.2 Å². The summed E-state index contributed by atoms with van der Waals surface area (Å²) in [6.45, 7) is 1.72. The predicted molar refractivity (Wildman–Crippen MR) is 93.3 cm³/mol. The number of halogens is 1. The SMILES string of the molecule is CC1=C(C(=O)O)c2cc(F)ccc2/C1=C\c1ccc(S(C)=O)cc1. The Labute approximate surface area is 141 Å². The van der Waals surface area contributed by atoms with Gasteiger partial charge < -0.3 is 5.11 Å². The summed E-state index contributed by atoms with van der Waals surface area (Å²) in [6.07, 6.45) is 3.48. The lowest BCUT2D eigenvalue weighted by Gasteiger charge is -2.05. The Morgan fingerprint density at radius 3 is 2.38 bits per heavy atom. The minimum atomic E-state index is -1.07. The molecular formula is C19H15FO3S. The Kier molecular flexibility index (Phi) is 4.20. The van der Waals surface area contributed by atoms with Crippen molar-refractivity contribution in [1.82, 2.24) is 0 Å². The van der Waals surface area contributed by atoms with Gasteiger partial charge in [0.1, 0.15) is 5.82 Å². The van der Waals surface area contributed by atoms with E-state index in [4.69, 9.17) is 0 Å². The number of carboxylic acid groups (broad SMARTS) is 1. The predicted octanol–water partition coefficient (Wildman–Crippen LogP) is 3.98. The van der Waals surface area contributed by atoms with Gasteiger partial charge in [-0.3, -0.25) is 4.21 Å². The maximum atomic E-state index is 13.5. The zero-order valence-electron chi connectivity index (χ0n) is 13.2. The number of hydrogen-bond acceptors (Lipinski definition) is 2. The van der Waals surface area contributed by atoms with Crippen molar-refractivity contribution in [3.05, 3.63) is 70.5 Å². The molecule has 0 amide bonds. The summed E-state index contributed by atoms with van der Waals surface area (Å²) in [6, 6.07) is 11.4. The second-order valence-electron chi connectivity index (χ2n) is 5.58. The fraction of sp³-hybridized carbons (Fsp3) is 0.105. The molecule has 1 aliphatic rings. The van der Waals surface area contributed by atoms with Gasteiger partial charge in [0.15, 0.2) is 0 Å². The number of allylic oxidation sites excluding steroid dienone is 2. The first-order chi connectivity index (χ1) is 11.4. The summed E-state index contributed by atoms with van der Waals surface area (Å²) < 4.78 is 25.0. The van der Waals surface area contributed by atoms with Gasteiger partial charge in [-0.05, 0) is 65.1 Å². The molecule has 0 saturated carbocycles. The third-order valence-corrected chi connectivity index (χ3v) is 4.99. The van der Waals surface area contributed by atoms with Crippen LogP contribution < -0.4 is 0 Å². The van der Waals surface area contributed by atoms with E-state index in [2.05, 4.69) is 0 Å². The standard InChI is InChI=1S/C19H15FO3S/c1-11-16(9-12-3-6-14(7-4-12)24(2)23)15-8-5-13(20)10-17(15)18(11)19(21)22/h3-10H,1-2H3,(H,21,22)/b16-9-. The summed E-state index contributed by atoms with van der Waals surface area (Å²) in [5.41, 5.74) is 3.45. The van der Waals surface area contributed by atoms with Crippen molar-refractivity contribution in [3.63, 3.8) is 0 Å². The first kappa shape index (κ1) is 16.3. The minimum absolute atomic E-state index is 0.127. The van der Waals surface area contributed by atoms with Gasteiger partial charge >= 0.3 is 5.97 Å². The normalized spacial score (nSPS) is 16.4. The molecule has 0 radical (unpaired) electrons. The van der Waals surface area contributed by atoms with Crippen LogP contribution in [-0.4, -0.2) is 21.5 Å². The van der Waals surface area contributed by atoms with E-state index < -0.39 is 22.6 Å². The van der Waals surface area contributed by atoms with Crippen LogP contribution in [0.15, 0.2) is 52.9 Å². The molecule has 1 N–H and O–H groups in total. The molecule has 1 aliphatic carbocycles. The van der Waals surface area contributed by atoms with Crippen LogP contribution in [0.2, 0.25) is 0 Å². The topological polar surface area (TPSA) is 54.4 Å².